The average Bonchev–Trinajstić information content (AvgIpc) is 0.811. The van der Waals surface area contributed by atoms with E-state index in [1.165, 1.54) is 5.82 Å². The summed E-state index contributed by atoms with van der Waals surface area (Å²) in [6, 6.07) is 0. The van der Waals surface area contributed by atoms with E-state index in [1.807, 2.05) is 0 Å². The summed E-state index contributed by atoms with van der Waals surface area (Å²) >= 11 is -1.79. The average molecular weight is 126 g/mol. The molecule has 0 aromatic rings. The second-order valence-electron chi connectivity index (χ2n) is 0.499. The Morgan fingerprint density at radius 2 is 2.00 bits per heavy atom. The summed E-state index contributed by atoms with van der Waals surface area (Å²) in [5.74, 6) is 1.51. The van der Waals surface area contributed by atoms with Crippen molar-refractivity contribution in [3.8, 4) is 0 Å². The van der Waals surface area contributed by atoms with Crippen molar-refractivity contribution in [1.82, 2.24) is 0 Å². The molecule has 0 heterocycles. The second-order valence-corrected chi connectivity index (χ2v) is 2.59. The molecule has 4 heavy (non-hydrogen) atoms. The monoisotopic (exact) mass is 127 g/mol. The Morgan fingerprint density at radius 1 is 2.00 bits per heavy atom. The van der Waals surface area contributed by atoms with Gasteiger partial charge in [0.2, 0.25) is 0 Å². The van der Waals surface area contributed by atoms with Crippen LogP contribution in [0.3, 0.4) is 0 Å². The Balaban J connectivity index is 2.80. The first-order valence-electron chi connectivity index (χ1n) is 0.811. The molecule has 0 bridgehead atoms. The molecule has 0 spiro atoms. The molecule has 0 aliphatic carbocycles. The molecule has 2 N–H and O–H groups in total. The summed E-state index contributed by atoms with van der Waals surface area (Å²) in [4.78, 5) is 0. The fourth-order valence-electron chi connectivity index (χ4n) is 0. The van der Waals surface area contributed by atoms with Crippen molar-refractivity contribution in [2.24, 2.45) is 4.75 Å². The predicted octanol–water partition coefficient (Wildman–Crippen LogP) is -0.506. The molecule has 0 aliphatic rings. The molecular formula is CH5NOSe. The van der Waals surface area contributed by atoms with Gasteiger partial charge in [0, 0.05) is 0 Å². The Morgan fingerprint density at radius 3 is 2.00 bits per heavy atom. The third kappa shape index (κ3) is 47.8. The van der Waals surface area contributed by atoms with Gasteiger partial charge in [-0.1, -0.05) is 0 Å². The normalized spacial score (nSPS) is 15.5. The summed E-state index contributed by atoms with van der Waals surface area (Å²) in [5.41, 5.74) is 0. The van der Waals surface area contributed by atoms with E-state index >= 15 is 0 Å². The molecule has 1 unspecified atom stereocenters. The maximum absolute atomic E-state index is 9.43. The zero-order chi connectivity index (χ0) is 3.58. The van der Waals surface area contributed by atoms with Crippen molar-refractivity contribution in [3.05, 3.63) is 0 Å². The SMILES string of the molecule is C[Se](N)=O. The van der Waals surface area contributed by atoms with Crippen LogP contribution in [0.25, 0.3) is 0 Å². The van der Waals surface area contributed by atoms with Gasteiger partial charge in [-0.2, -0.15) is 0 Å². The Bertz CT molecular complexity index is 31.0. The first-order chi connectivity index (χ1) is 1.73. The van der Waals surface area contributed by atoms with E-state index in [1.54, 1.807) is 0 Å². The molecule has 0 saturated carbocycles. The molecule has 0 radical (unpaired) electrons. The van der Waals surface area contributed by atoms with Crippen LogP contribution in [0.15, 0.2) is 0 Å². The molecule has 0 aromatic carbocycles. The van der Waals surface area contributed by atoms with Crippen LogP contribution in [0, 0.1) is 0 Å². The number of hydrogen-bond donors (Lipinski definition) is 1. The van der Waals surface area contributed by atoms with Gasteiger partial charge in [0.1, 0.15) is 0 Å². The fourth-order valence-corrected chi connectivity index (χ4v) is 0. The summed E-state index contributed by atoms with van der Waals surface area (Å²) in [7, 11) is 0. The van der Waals surface area contributed by atoms with Crippen molar-refractivity contribution in [1.29, 1.82) is 0 Å². The van der Waals surface area contributed by atoms with Gasteiger partial charge in [-0.25, -0.2) is 0 Å². The Labute approximate surface area is 29.3 Å². The third-order valence-corrected chi connectivity index (χ3v) is 0. The van der Waals surface area contributed by atoms with Crippen molar-refractivity contribution in [2.75, 3.05) is 0 Å². The van der Waals surface area contributed by atoms with Crippen LogP contribution in [0.2, 0.25) is 5.82 Å². The quantitative estimate of drug-likeness (QED) is 0.444. The molecule has 0 amide bonds. The van der Waals surface area contributed by atoms with Crippen LogP contribution in [-0.2, 0) is 3.83 Å². The van der Waals surface area contributed by atoms with Gasteiger partial charge in [0.05, 0.1) is 0 Å². The van der Waals surface area contributed by atoms with Crippen LogP contribution < -0.4 is 4.75 Å². The van der Waals surface area contributed by atoms with Crippen LogP contribution in [0.4, 0.5) is 0 Å². The number of rotatable bonds is 0. The minimum absolute atomic E-state index is 1.51. The summed E-state index contributed by atoms with van der Waals surface area (Å²) in [6.45, 7) is 0. The van der Waals surface area contributed by atoms with E-state index < -0.39 is 14.1 Å². The minimum atomic E-state index is -1.79. The second kappa shape index (κ2) is 1.58. The van der Waals surface area contributed by atoms with E-state index in [4.69, 9.17) is 0 Å². The fraction of sp³-hybridized carbons (Fsp3) is 1.00. The Kier molecular flexibility index (Phi) is 1.70. The van der Waals surface area contributed by atoms with E-state index in [-0.39, 0.29) is 0 Å². The molecule has 0 aromatic heterocycles. The van der Waals surface area contributed by atoms with Gasteiger partial charge >= 0.3 is 28.5 Å². The number of hydrogen-bond acceptors (Lipinski definition) is 1. The molecular weight excluding hydrogens is 121 g/mol. The summed E-state index contributed by atoms with van der Waals surface area (Å²) < 4.78 is 14.1. The molecule has 26 valence electrons. The van der Waals surface area contributed by atoms with E-state index in [9.17, 15) is 3.83 Å². The zero-order valence-electron chi connectivity index (χ0n) is 2.39. The first-order valence-corrected chi connectivity index (χ1v) is 4.21. The summed E-state index contributed by atoms with van der Waals surface area (Å²) in [6.07, 6.45) is 0. The standard InChI is InChI=1S/CH5NOSe/c1-4(2)3/h2H2,1H3. The van der Waals surface area contributed by atoms with Crippen molar-refractivity contribution in [2.45, 2.75) is 5.82 Å². The molecule has 0 rings (SSSR count). The summed E-state index contributed by atoms with van der Waals surface area (Å²) in [5, 5.41) is 0. The predicted molar refractivity (Wildman–Crippen MR) is 16.5 cm³/mol. The van der Waals surface area contributed by atoms with Gasteiger partial charge in [-0.05, 0) is 0 Å². The molecule has 2 nitrogen and oxygen atoms in total. The van der Waals surface area contributed by atoms with Crippen LogP contribution in [-0.4, -0.2) is 14.1 Å². The van der Waals surface area contributed by atoms with E-state index in [2.05, 4.69) is 4.75 Å². The number of nitrogens with two attached hydrogens (primary N) is 1. The molecule has 0 aliphatic heterocycles. The van der Waals surface area contributed by atoms with Gasteiger partial charge in [0.15, 0.2) is 0 Å². The van der Waals surface area contributed by atoms with E-state index in [0.29, 0.717) is 0 Å². The van der Waals surface area contributed by atoms with Crippen LogP contribution >= 0.6 is 0 Å². The molecule has 0 fully saturated rings. The van der Waals surface area contributed by atoms with Gasteiger partial charge < -0.3 is 0 Å². The van der Waals surface area contributed by atoms with Crippen LogP contribution in [0.5, 0.6) is 0 Å². The van der Waals surface area contributed by atoms with Crippen molar-refractivity contribution in [3.63, 3.8) is 0 Å². The first kappa shape index (κ1) is 4.28. The third-order valence-electron chi connectivity index (χ3n) is 0. The van der Waals surface area contributed by atoms with Crippen LogP contribution in [0.1, 0.15) is 0 Å². The van der Waals surface area contributed by atoms with Crippen molar-refractivity contribution < 1.29 is 3.83 Å². The van der Waals surface area contributed by atoms with Gasteiger partial charge in [-0.15, -0.1) is 0 Å². The maximum atomic E-state index is 9.43. The van der Waals surface area contributed by atoms with Gasteiger partial charge in [0.25, 0.3) is 0 Å². The Hall–Kier alpha value is 0.279. The molecule has 1 atom stereocenters. The topological polar surface area (TPSA) is 43.1 Å². The molecule has 0 saturated heterocycles. The van der Waals surface area contributed by atoms with Crippen molar-refractivity contribution >= 4 is 14.1 Å². The van der Waals surface area contributed by atoms with E-state index in [0.717, 1.165) is 0 Å². The van der Waals surface area contributed by atoms with Gasteiger partial charge in [-0.3, -0.25) is 0 Å². The zero-order valence-corrected chi connectivity index (χ0v) is 4.11. The molecule has 3 heteroatoms.